The lowest BCUT2D eigenvalue weighted by Gasteiger charge is -2.17. The third-order valence-corrected chi connectivity index (χ3v) is 5.05. The highest BCUT2D eigenvalue weighted by atomic mass is 16.5. The number of carbonyl (C=O) groups is 2. The molecule has 0 aliphatic heterocycles. The quantitative estimate of drug-likeness (QED) is 0.539. The highest BCUT2D eigenvalue weighted by molar-refractivity contribution is 5.97. The second kappa shape index (κ2) is 10.1. The summed E-state index contributed by atoms with van der Waals surface area (Å²) in [5, 5.41) is 12.5. The third kappa shape index (κ3) is 5.39. The summed E-state index contributed by atoms with van der Waals surface area (Å²) < 4.78 is 15.5. The minimum atomic E-state index is -0.602. The van der Waals surface area contributed by atoms with E-state index in [4.69, 9.17) is 13.9 Å². The van der Waals surface area contributed by atoms with Crippen molar-refractivity contribution in [3.05, 3.63) is 83.1 Å². The number of furan rings is 1. The Kier molecular flexibility index (Phi) is 7.23. The van der Waals surface area contributed by atoms with Crippen molar-refractivity contribution >= 4 is 11.9 Å². The van der Waals surface area contributed by atoms with Crippen LogP contribution < -0.4 is 5.32 Å². The molecule has 3 rings (SSSR count). The van der Waals surface area contributed by atoms with Crippen molar-refractivity contribution in [3.8, 4) is 11.3 Å². The molecule has 1 heterocycles. The van der Waals surface area contributed by atoms with Crippen molar-refractivity contribution in [1.82, 2.24) is 0 Å². The van der Waals surface area contributed by atoms with Crippen molar-refractivity contribution in [2.24, 2.45) is 0 Å². The van der Waals surface area contributed by atoms with Gasteiger partial charge < -0.3 is 24.3 Å². The standard InChI is InChI=1S/C24H25NO6/c1-15(22(26)16-7-5-4-6-8-16)25-14-20-9-10-21(31-20)17-11-18(23(27)29-2)13-19(12-17)24(28)30-3/h4-13,15,22,25-26H,14H2,1-3H3/p+1/t15-,22+/m1/s1. The Morgan fingerprint density at radius 1 is 0.968 bits per heavy atom. The van der Waals surface area contributed by atoms with Crippen molar-refractivity contribution < 1.29 is 33.9 Å². The number of ether oxygens (including phenoxy) is 2. The van der Waals surface area contributed by atoms with E-state index in [0.717, 1.165) is 5.56 Å². The first-order chi connectivity index (χ1) is 14.9. The molecule has 3 N–H and O–H groups in total. The first-order valence-corrected chi connectivity index (χ1v) is 9.90. The van der Waals surface area contributed by atoms with Gasteiger partial charge in [-0.25, -0.2) is 9.59 Å². The lowest BCUT2D eigenvalue weighted by molar-refractivity contribution is -0.710. The van der Waals surface area contributed by atoms with Gasteiger partial charge in [-0.3, -0.25) is 0 Å². The van der Waals surface area contributed by atoms with E-state index in [1.807, 2.05) is 48.6 Å². The van der Waals surface area contributed by atoms with Crippen LogP contribution in [0.3, 0.4) is 0 Å². The summed E-state index contributed by atoms with van der Waals surface area (Å²) in [5.41, 5.74) is 1.88. The minimum Gasteiger partial charge on any atom is -0.465 e. The molecule has 3 aromatic rings. The topological polar surface area (TPSA) is 103 Å². The van der Waals surface area contributed by atoms with E-state index in [9.17, 15) is 14.7 Å². The predicted molar refractivity (Wildman–Crippen MR) is 113 cm³/mol. The fraction of sp³-hybridized carbons (Fsp3) is 0.250. The second-order valence-electron chi connectivity index (χ2n) is 7.20. The average Bonchev–Trinajstić information content (AvgIpc) is 3.30. The molecule has 2 aromatic carbocycles. The van der Waals surface area contributed by atoms with Crippen molar-refractivity contribution in [2.75, 3.05) is 14.2 Å². The monoisotopic (exact) mass is 424 g/mol. The van der Waals surface area contributed by atoms with Crippen molar-refractivity contribution in [2.45, 2.75) is 25.6 Å². The molecule has 2 atom stereocenters. The van der Waals surface area contributed by atoms with Crippen LogP contribution in [0.5, 0.6) is 0 Å². The molecule has 0 saturated heterocycles. The van der Waals surface area contributed by atoms with Crippen molar-refractivity contribution in [1.29, 1.82) is 0 Å². The first-order valence-electron chi connectivity index (χ1n) is 9.90. The van der Waals surface area contributed by atoms with Gasteiger partial charge in [0.25, 0.3) is 0 Å². The fourth-order valence-electron chi connectivity index (χ4n) is 3.27. The molecule has 0 spiro atoms. The second-order valence-corrected chi connectivity index (χ2v) is 7.20. The third-order valence-electron chi connectivity index (χ3n) is 5.05. The number of rotatable bonds is 8. The zero-order chi connectivity index (χ0) is 22.4. The van der Waals surface area contributed by atoms with Crippen LogP contribution in [0.15, 0.2) is 65.1 Å². The number of aliphatic hydroxyl groups is 1. The van der Waals surface area contributed by atoms with Crippen LogP contribution in [-0.4, -0.2) is 37.3 Å². The van der Waals surface area contributed by atoms with Gasteiger partial charge in [-0.1, -0.05) is 30.3 Å². The zero-order valence-electron chi connectivity index (χ0n) is 17.7. The molecule has 0 radical (unpaired) electrons. The van der Waals surface area contributed by atoms with Gasteiger partial charge in [0.1, 0.15) is 24.5 Å². The normalized spacial score (nSPS) is 12.8. The van der Waals surface area contributed by atoms with Gasteiger partial charge in [0.15, 0.2) is 5.76 Å². The Hall–Kier alpha value is -3.42. The number of carbonyl (C=O) groups excluding carboxylic acids is 2. The number of esters is 2. The molecule has 0 amide bonds. The van der Waals surface area contributed by atoms with Gasteiger partial charge >= 0.3 is 11.9 Å². The maximum absolute atomic E-state index is 12.0. The highest BCUT2D eigenvalue weighted by Crippen LogP contribution is 2.25. The zero-order valence-corrected chi connectivity index (χ0v) is 17.7. The Morgan fingerprint density at radius 2 is 1.58 bits per heavy atom. The van der Waals surface area contributed by atoms with E-state index in [2.05, 4.69) is 0 Å². The number of hydrogen-bond donors (Lipinski definition) is 2. The van der Waals surface area contributed by atoms with Crippen LogP contribution >= 0.6 is 0 Å². The largest absolute Gasteiger partial charge is 0.465 e. The maximum Gasteiger partial charge on any atom is 0.337 e. The summed E-state index contributed by atoms with van der Waals surface area (Å²) in [6.07, 6.45) is -0.602. The summed E-state index contributed by atoms with van der Waals surface area (Å²) >= 11 is 0. The molecule has 0 aliphatic carbocycles. The van der Waals surface area contributed by atoms with Gasteiger partial charge in [-0.15, -0.1) is 0 Å². The Balaban J connectivity index is 1.75. The van der Waals surface area contributed by atoms with Gasteiger partial charge in [-0.05, 0) is 42.8 Å². The van der Waals surface area contributed by atoms with E-state index >= 15 is 0 Å². The number of aliphatic hydroxyl groups excluding tert-OH is 1. The Morgan fingerprint density at radius 3 is 2.16 bits per heavy atom. The smallest absolute Gasteiger partial charge is 0.337 e. The molecule has 0 fully saturated rings. The summed E-state index contributed by atoms with van der Waals surface area (Å²) in [5.74, 6) is 0.0902. The van der Waals surface area contributed by atoms with E-state index in [1.165, 1.54) is 20.3 Å². The maximum atomic E-state index is 12.0. The van der Waals surface area contributed by atoms with Gasteiger partial charge in [0.05, 0.1) is 25.3 Å². The molecule has 1 aromatic heterocycles. The van der Waals surface area contributed by atoms with Crippen LogP contribution in [0.1, 0.15) is 45.1 Å². The summed E-state index contributed by atoms with van der Waals surface area (Å²) in [6.45, 7) is 2.47. The van der Waals surface area contributed by atoms with Crippen LogP contribution in [0.4, 0.5) is 0 Å². The first kappa shape index (κ1) is 22.3. The number of benzene rings is 2. The molecular formula is C24H26NO6+. The molecule has 0 saturated carbocycles. The highest BCUT2D eigenvalue weighted by Gasteiger charge is 2.20. The number of quaternary nitrogens is 1. The Labute approximate surface area is 180 Å². The lowest BCUT2D eigenvalue weighted by atomic mass is 10.0. The lowest BCUT2D eigenvalue weighted by Crippen LogP contribution is -2.88. The summed E-state index contributed by atoms with van der Waals surface area (Å²) in [6, 6.07) is 17.7. The van der Waals surface area contributed by atoms with Gasteiger partial charge in [-0.2, -0.15) is 0 Å². The number of methoxy groups -OCH3 is 2. The van der Waals surface area contributed by atoms with E-state index < -0.39 is 18.0 Å². The van der Waals surface area contributed by atoms with Crippen LogP contribution in [0, 0.1) is 0 Å². The number of hydrogen-bond acceptors (Lipinski definition) is 6. The molecule has 7 nitrogen and oxygen atoms in total. The van der Waals surface area contributed by atoms with E-state index in [1.54, 1.807) is 18.2 Å². The Bertz CT molecular complexity index is 1010. The SMILES string of the molecule is COC(=O)c1cc(C(=O)OC)cc(-c2ccc(C[NH2+][C@H](C)[C@H](O)c3ccccc3)o2)c1. The molecule has 162 valence electrons. The molecular weight excluding hydrogens is 398 g/mol. The molecule has 0 bridgehead atoms. The number of nitrogens with two attached hydrogens (primary N) is 1. The van der Waals surface area contributed by atoms with Crippen molar-refractivity contribution in [3.63, 3.8) is 0 Å². The van der Waals surface area contributed by atoms with Crippen LogP contribution in [-0.2, 0) is 16.0 Å². The van der Waals surface area contributed by atoms with Gasteiger partial charge in [0, 0.05) is 5.56 Å². The summed E-state index contributed by atoms with van der Waals surface area (Å²) in [4.78, 5) is 24.0. The van der Waals surface area contributed by atoms with Crippen LogP contribution in [0.2, 0.25) is 0 Å². The summed E-state index contributed by atoms with van der Waals surface area (Å²) in [7, 11) is 2.55. The minimum absolute atomic E-state index is 0.0791. The fourth-order valence-corrected chi connectivity index (χ4v) is 3.27. The predicted octanol–water partition coefficient (Wildman–Crippen LogP) is 2.71. The van der Waals surface area contributed by atoms with E-state index in [0.29, 0.717) is 23.6 Å². The van der Waals surface area contributed by atoms with Crippen LogP contribution in [0.25, 0.3) is 11.3 Å². The average molecular weight is 424 g/mol. The molecule has 31 heavy (non-hydrogen) atoms. The van der Waals surface area contributed by atoms with E-state index in [-0.39, 0.29) is 17.2 Å². The molecule has 0 unspecified atom stereocenters. The van der Waals surface area contributed by atoms with Gasteiger partial charge in [0.2, 0.25) is 0 Å². The molecule has 0 aliphatic rings. The molecule has 7 heteroatoms.